The van der Waals surface area contributed by atoms with E-state index in [9.17, 15) is 9.90 Å². The van der Waals surface area contributed by atoms with Gasteiger partial charge in [-0.3, -0.25) is 0 Å². The fourth-order valence-corrected chi connectivity index (χ4v) is 4.16. The molecule has 1 fully saturated rings. The van der Waals surface area contributed by atoms with Gasteiger partial charge in [-0.2, -0.15) is 0 Å². The van der Waals surface area contributed by atoms with Gasteiger partial charge in [0.2, 0.25) is 0 Å². The Morgan fingerprint density at radius 2 is 1.97 bits per heavy atom. The lowest BCUT2D eigenvalue weighted by Gasteiger charge is -2.34. The molecule has 36 heavy (non-hydrogen) atoms. The van der Waals surface area contributed by atoms with Crippen LogP contribution in [0.5, 0.6) is 5.75 Å². The maximum Gasteiger partial charge on any atom is 0.409 e. The molecule has 0 spiro atoms. The molecule has 1 atom stereocenters. The number of nitrogens with one attached hydrogen (secondary N) is 1. The molecule has 0 radical (unpaired) electrons. The lowest BCUT2D eigenvalue weighted by atomic mass is 10.1. The minimum absolute atomic E-state index is 0.167. The number of amides is 1. The standard InChI is InChI=1S/C25H32N6O5/c1-16-23(17(2)36-29-16)21-13-22(30-8-10-31(11-9-30)25(33)34-4)28-24(27-21)18-6-5-7-20(12-18)35-15-19(32)14-26-3/h5-7,12-13,19,26,32H,8-11,14-15H2,1-4H3. The normalized spacial score (nSPS) is 14.6. The van der Waals surface area contributed by atoms with Gasteiger partial charge in [0.05, 0.1) is 24.1 Å². The van der Waals surface area contributed by atoms with E-state index in [1.54, 1.807) is 11.9 Å². The Balaban J connectivity index is 1.66. The third-order valence-corrected chi connectivity index (χ3v) is 6.01. The lowest BCUT2D eigenvalue weighted by molar-refractivity contribution is 0.108. The SMILES string of the molecule is CNCC(O)COc1cccc(-c2nc(-c3c(C)noc3C)cc(N3CCN(C(=O)OC)CC3)n2)c1. The molecule has 11 heteroatoms. The van der Waals surface area contributed by atoms with E-state index in [-0.39, 0.29) is 12.7 Å². The van der Waals surface area contributed by atoms with E-state index in [1.165, 1.54) is 7.11 Å². The van der Waals surface area contributed by atoms with E-state index in [0.29, 0.717) is 55.8 Å². The summed E-state index contributed by atoms with van der Waals surface area (Å²) in [7, 11) is 3.17. The van der Waals surface area contributed by atoms with Crippen molar-refractivity contribution in [3.05, 3.63) is 41.8 Å². The van der Waals surface area contributed by atoms with Gasteiger partial charge in [0.1, 0.15) is 30.0 Å². The molecule has 3 heterocycles. The van der Waals surface area contributed by atoms with E-state index in [4.69, 9.17) is 24.0 Å². The van der Waals surface area contributed by atoms with Gasteiger partial charge in [-0.15, -0.1) is 0 Å². The van der Waals surface area contributed by atoms with Crippen LogP contribution < -0.4 is 15.0 Å². The molecule has 3 aromatic rings. The van der Waals surface area contributed by atoms with Crippen molar-refractivity contribution in [3.8, 4) is 28.4 Å². The zero-order chi connectivity index (χ0) is 25.7. The summed E-state index contributed by atoms with van der Waals surface area (Å²) < 4.78 is 16.0. The third kappa shape index (κ3) is 5.74. The molecule has 11 nitrogen and oxygen atoms in total. The van der Waals surface area contributed by atoms with Crippen LogP contribution in [0.25, 0.3) is 22.6 Å². The molecule has 0 bridgehead atoms. The number of anilines is 1. The highest BCUT2D eigenvalue weighted by molar-refractivity contribution is 5.71. The summed E-state index contributed by atoms with van der Waals surface area (Å²) >= 11 is 0. The molecule has 1 aliphatic rings. The average molecular weight is 497 g/mol. The number of aliphatic hydroxyl groups is 1. The quantitative estimate of drug-likeness (QED) is 0.479. The molecule has 0 aliphatic carbocycles. The summed E-state index contributed by atoms with van der Waals surface area (Å²) in [5, 5.41) is 17.0. The number of rotatable bonds is 8. The van der Waals surface area contributed by atoms with Crippen LogP contribution in [0.1, 0.15) is 11.5 Å². The third-order valence-electron chi connectivity index (χ3n) is 6.01. The Bertz CT molecular complexity index is 1170. The molecule has 1 unspecified atom stereocenters. The summed E-state index contributed by atoms with van der Waals surface area (Å²) in [5.41, 5.74) is 3.06. The van der Waals surface area contributed by atoms with Crippen molar-refractivity contribution in [1.82, 2.24) is 25.3 Å². The summed E-state index contributed by atoms with van der Waals surface area (Å²) in [6, 6.07) is 9.41. The number of likely N-dealkylation sites (N-methyl/N-ethyl adjacent to an activating group) is 1. The predicted octanol–water partition coefficient (Wildman–Crippen LogP) is 2.26. The number of carbonyl (C=O) groups excluding carboxylic acids is 1. The highest BCUT2D eigenvalue weighted by Gasteiger charge is 2.24. The molecule has 2 N–H and O–H groups in total. The second kappa shape index (κ2) is 11.4. The zero-order valence-corrected chi connectivity index (χ0v) is 21.0. The fourth-order valence-electron chi connectivity index (χ4n) is 4.16. The smallest absolute Gasteiger partial charge is 0.409 e. The zero-order valence-electron chi connectivity index (χ0n) is 21.0. The minimum atomic E-state index is -0.618. The molecule has 1 amide bonds. The number of carbonyl (C=O) groups is 1. The number of aliphatic hydroxyl groups excluding tert-OH is 1. The largest absolute Gasteiger partial charge is 0.491 e. The van der Waals surface area contributed by atoms with Crippen LogP contribution in [0, 0.1) is 13.8 Å². The lowest BCUT2D eigenvalue weighted by Crippen LogP contribution is -2.49. The van der Waals surface area contributed by atoms with Crippen LogP contribution in [0.4, 0.5) is 10.6 Å². The number of benzene rings is 1. The first-order chi connectivity index (χ1) is 17.4. The average Bonchev–Trinajstić information content (AvgIpc) is 3.24. The van der Waals surface area contributed by atoms with Crippen LogP contribution in [0.2, 0.25) is 0 Å². The minimum Gasteiger partial charge on any atom is -0.491 e. The van der Waals surface area contributed by atoms with Gasteiger partial charge in [-0.1, -0.05) is 17.3 Å². The van der Waals surface area contributed by atoms with Crippen LogP contribution in [-0.2, 0) is 4.74 Å². The van der Waals surface area contributed by atoms with Crippen molar-refractivity contribution in [3.63, 3.8) is 0 Å². The molecule has 1 aromatic carbocycles. The second-order valence-electron chi connectivity index (χ2n) is 8.63. The van der Waals surface area contributed by atoms with E-state index in [0.717, 1.165) is 22.6 Å². The monoisotopic (exact) mass is 496 g/mol. The topological polar surface area (TPSA) is 126 Å². The Morgan fingerprint density at radius 3 is 2.64 bits per heavy atom. The van der Waals surface area contributed by atoms with Crippen LogP contribution in [0.3, 0.4) is 0 Å². The van der Waals surface area contributed by atoms with Crippen LogP contribution in [-0.4, -0.2) is 90.8 Å². The first-order valence-electron chi connectivity index (χ1n) is 11.9. The molecular weight excluding hydrogens is 464 g/mol. The number of nitrogens with zero attached hydrogens (tertiary/aromatic N) is 5. The van der Waals surface area contributed by atoms with Crippen LogP contribution in [0.15, 0.2) is 34.9 Å². The molecule has 0 saturated carbocycles. The number of hydrogen-bond acceptors (Lipinski definition) is 10. The van der Waals surface area contributed by atoms with Crippen molar-refractivity contribution in [2.45, 2.75) is 20.0 Å². The highest BCUT2D eigenvalue weighted by atomic mass is 16.5. The number of hydrogen-bond donors (Lipinski definition) is 2. The molecule has 1 aliphatic heterocycles. The van der Waals surface area contributed by atoms with Gasteiger partial charge < -0.3 is 34.2 Å². The van der Waals surface area contributed by atoms with E-state index in [1.807, 2.05) is 44.2 Å². The van der Waals surface area contributed by atoms with E-state index >= 15 is 0 Å². The Morgan fingerprint density at radius 1 is 1.19 bits per heavy atom. The first-order valence-corrected chi connectivity index (χ1v) is 11.9. The molecule has 2 aromatic heterocycles. The number of piperazine rings is 1. The van der Waals surface area contributed by atoms with Crippen molar-refractivity contribution in [2.24, 2.45) is 0 Å². The number of aromatic nitrogens is 3. The van der Waals surface area contributed by atoms with E-state index in [2.05, 4.69) is 15.4 Å². The predicted molar refractivity (Wildman–Crippen MR) is 134 cm³/mol. The summed E-state index contributed by atoms with van der Waals surface area (Å²) in [6.45, 7) is 6.63. The van der Waals surface area contributed by atoms with E-state index < -0.39 is 6.10 Å². The van der Waals surface area contributed by atoms with Gasteiger partial charge >= 0.3 is 6.09 Å². The fraction of sp³-hybridized carbons (Fsp3) is 0.440. The number of methoxy groups -OCH3 is 1. The molecular formula is C25H32N6O5. The Hall–Kier alpha value is -3.70. The maximum absolute atomic E-state index is 11.9. The second-order valence-corrected chi connectivity index (χ2v) is 8.63. The van der Waals surface area contributed by atoms with Gasteiger partial charge in [0.25, 0.3) is 0 Å². The summed E-state index contributed by atoms with van der Waals surface area (Å²) in [4.78, 5) is 25.4. The maximum atomic E-state index is 11.9. The van der Waals surface area contributed by atoms with Gasteiger partial charge in [0, 0.05) is 44.4 Å². The van der Waals surface area contributed by atoms with Crippen molar-refractivity contribution in [2.75, 3.05) is 58.4 Å². The van der Waals surface area contributed by atoms with Gasteiger partial charge in [-0.25, -0.2) is 14.8 Å². The Kier molecular flexibility index (Phi) is 8.01. The summed E-state index contributed by atoms with van der Waals surface area (Å²) in [5.74, 6) is 2.56. The number of aryl methyl sites for hydroxylation is 2. The molecule has 1 saturated heterocycles. The molecule has 192 valence electrons. The Labute approximate surface area is 210 Å². The van der Waals surface area contributed by atoms with Crippen molar-refractivity contribution < 1.29 is 23.9 Å². The summed E-state index contributed by atoms with van der Waals surface area (Å²) in [6.07, 6.45) is -0.945. The van der Waals surface area contributed by atoms with Crippen molar-refractivity contribution in [1.29, 1.82) is 0 Å². The van der Waals surface area contributed by atoms with Crippen LogP contribution >= 0.6 is 0 Å². The first kappa shape index (κ1) is 25.4. The van der Waals surface area contributed by atoms with Gasteiger partial charge in [0.15, 0.2) is 5.82 Å². The molecule has 4 rings (SSSR count). The van der Waals surface area contributed by atoms with Crippen molar-refractivity contribution >= 4 is 11.9 Å². The highest BCUT2D eigenvalue weighted by Crippen LogP contribution is 2.31. The van der Waals surface area contributed by atoms with Gasteiger partial charge in [-0.05, 0) is 33.0 Å². The number of ether oxygens (including phenoxy) is 2.